The van der Waals surface area contributed by atoms with E-state index in [0.717, 1.165) is 11.3 Å². The van der Waals surface area contributed by atoms with Crippen LogP contribution in [0, 0.1) is 13.8 Å². The third-order valence-electron chi connectivity index (χ3n) is 4.44. The Morgan fingerprint density at radius 2 is 1.92 bits per heavy atom. The number of aromatic amines is 1. The zero-order chi connectivity index (χ0) is 17.6. The number of hydrogen-bond acceptors (Lipinski definition) is 2. The number of halogens is 3. The first-order chi connectivity index (χ1) is 11.3. The first-order valence-corrected chi connectivity index (χ1v) is 7.59. The number of aliphatic hydroxyl groups is 1. The Balaban J connectivity index is 2.49. The van der Waals surface area contributed by atoms with Crippen LogP contribution in [0.5, 0.6) is 0 Å². The van der Waals surface area contributed by atoms with Crippen molar-refractivity contribution in [3.8, 4) is 0 Å². The molecule has 0 fully saturated rings. The number of aliphatic hydroxyl groups excluding tert-OH is 1. The largest absolute Gasteiger partial charge is 0.417 e. The van der Waals surface area contributed by atoms with E-state index in [-0.39, 0.29) is 17.5 Å². The second-order valence-corrected chi connectivity index (χ2v) is 5.87. The van der Waals surface area contributed by atoms with E-state index < -0.39 is 17.3 Å². The highest BCUT2D eigenvalue weighted by atomic mass is 19.4. The van der Waals surface area contributed by atoms with Gasteiger partial charge in [0.25, 0.3) is 0 Å². The van der Waals surface area contributed by atoms with Crippen molar-refractivity contribution >= 4 is 21.8 Å². The molecule has 128 valence electrons. The Morgan fingerprint density at radius 1 is 1.21 bits per heavy atom. The lowest BCUT2D eigenvalue weighted by atomic mass is 10.0. The molecule has 0 aliphatic rings. The lowest BCUT2D eigenvalue weighted by molar-refractivity contribution is -0.136. The Kier molecular flexibility index (Phi) is 3.91. The summed E-state index contributed by atoms with van der Waals surface area (Å²) in [6.45, 7) is 4.14. The first-order valence-electron chi connectivity index (χ1n) is 7.59. The van der Waals surface area contributed by atoms with Gasteiger partial charge in [0.2, 0.25) is 5.56 Å². The van der Waals surface area contributed by atoms with Gasteiger partial charge in [0, 0.05) is 46.7 Å². The normalized spacial score (nSPS) is 12.4. The van der Waals surface area contributed by atoms with Crippen molar-refractivity contribution in [3.63, 3.8) is 0 Å². The maximum absolute atomic E-state index is 13.5. The van der Waals surface area contributed by atoms with Crippen LogP contribution in [0.3, 0.4) is 0 Å². The molecule has 0 unspecified atom stereocenters. The molecule has 0 spiro atoms. The molecule has 2 aromatic heterocycles. The standard InChI is InChI=1S/C17H17F3N2O2/c1-9-10(2)22(6-3-7-23)13-5-4-12-16(15(9)13)11(17(18,19)20)8-14(24)21-12/h4-5,8,23H,3,6-7H2,1-2H3,(H,21,24). The molecular formula is C17H17F3N2O2. The van der Waals surface area contributed by atoms with Crippen molar-refractivity contribution < 1.29 is 18.3 Å². The molecule has 0 aliphatic heterocycles. The summed E-state index contributed by atoms with van der Waals surface area (Å²) in [6, 6.07) is 3.83. The molecule has 4 nitrogen and oxygen atoms in total. The number of pyridine rings is 1. The zero-order valence-electron chi connectivity index (χ0n) is 13.3. The molecule has 0 radical (unpaired) electrons. The summed E-state index contributed by atoms with van der Waals surface area (Å²) in [7, 11) is 0. The molecular weight excluding hydrogens is 321 g/mol. The highest BCUT2D eigenvalue weighted by Gasteiger charge is 2.34. The monoisotopic (exact) mass is 338 g/mol. The van der Waals surface area contributed by atoms with E-state index in [0.29, 0.717) is 29.9 Å². The number of benzene rings is 1. The number of nitrogens with zero attached hydrogens (tertiary/aromatic N) is 1. The quantitative estimate of drug-likeness (QED) is 0.768. The summed E-state index contributed by atoms with van der Waals surface area (Å²) in [6.07, 6.45) is -4.10. The number of fused-ring (bicyclic) bond motifs is 3. The third kappa shape index (κ3) is 2.49. The van der Waals surface area contributed by atoms with Crippen LogP contribution >= 0.6 is 0 Å². The van der Waals surface area contributed by atoms with Crippen LogP contribution in [-0.4, -0.2) is 21.3 Å². The third-order valence-corrected chi connectivity index (χ3v) is 4.44. The van der Waals surface area contributed by atoms with Gasteiger partial charge in [-0.15, -0.1) is 0 Å². The molecule has 0 amide bonds. The number of nitrogens with one attached hydrogen (secondary N) is 1. The summed E-state index contributed by atoms with van der Waals surface area (Å²) in [5.41, 5.74) is 0.738. The molecule has 0 aliphatic carbocycles. The van der Waals surface area contributed by atoms with Crippen LogP contribution in [0.4, 0.5) is 13.2 Å². The van der Waals surface area contributed by atoms with Gasteiger partial charge in [0.05, 0.1) is 5.56 Å². The van der Waals surface area contributed by atoms with Crippen molar-refractivity contribution in [1.29, 1.82) is 0 Å². The minimum Gasteiger partial charge on any atom is -0.396 e. The van der Waals surface area contributed by atoms with Gasteiger partial charge in [-0.3, -0.25) is 4.79 Å². The predicted octanol–water partition coefficient (Wildman–Crippen LogP) is 3.50. The van der Waals surface area contributed by atoms with E-state index in [9.17, 15) is 18.0 Å². The van der Waals surface area contributed by atoms with Crippen LogP contribution < -0.4 is 5.56 Å². The molecule has 0 atom stereocenters. The fourth-order valence-electron chi connectivity index (χ4n) is 3.26. The number of H-pyrrole nitrogens is 1. The Hall–Kier alpha value is -2.28. The van der Waals surface area contributed by atoms with Crippen molar-refractivity contribution in [1.82, 2.24) is 9.55 Å². The molecule has 2 heterocycles. The highest BCUT2D eigenvalue weighted by Crippen LogP contribution is 2.39. The van der Waals surface area contributed by atoms with E-state index in [1.165, 1.54) is 6.07 Å². The second-order valence-electron chi connectivity index (χ2n) is 5.87. The fourth-order valence-corrected chi connectivity index (χ4v) is 3.26. The maximum Gasteiger partial charge on any atom is 0.417 e. The lowest BCUT2D eigenvalue weighted by Gasteiger charge is -2.12. The van der Waals surface area contributed by atoms with Crippen molar-refractivity contribution in [2.24, 2.45) is 0 Å². The SMILES string of the molecule is Cc1c(C)n(CCCO)c2ccc3[nH]c(=O)cc(C(F)(F)F)c3c12. The number of aryl methyl sites for hydroxylation is 2. The van der Waals surface area contributed by atoms with Gasteiger partial charge in [-0.05, 0) is 38.0 Å². The molecule has 3 aromatic rings. The molecule has 0 saturated carbocycles. The molecule has 7 heteroatoms. The predicted molar refractivity (Wildman–Crippen MR) is 86.2 cm³/mol. The summed E-state index contributed by atoms with van der Waals surface area (Å²) in [4.78, 5) is 14.1. The first kappa shape index (κ1) is 16.6. The number of hydrogen-bond donors (Lipinski definition) is 2. The minimum absolute atomic E-state index is 0.00681. The molecule has 3 rings (SSSR count). The number of rotatable bonds is 3. The van der Waals surface area contributed by atoms with Gasteiger partial charge >= 0.3 is 6.18 Å². The van der Waals surface area contributed by atoms with E-state index in [4.69, 9.17) is 5.11 Å². The molecule has 0 bridgehead atoms. The molecule has 24 heavy (non-hydrogen) atoms. The average molecular weight is 338 g/mol. The van der Waals surface area contributed by atoms with Crippen LogP contribution in [0.2, 0.25) is 0 Å². The average Bonchev–Trinajstić information content (AvgIpc) is 2.75. The Morgan fingerprint density at radius 3 is 2.54 bits per heavy atom. The van der Waals surface area contributed by atoms with E-state index >= 15 is 0 Å². The van der Waals surface area contributed by atoms with Gasteiger partial charge in [0.15, 0.2) is 0 Å². The maximum atomic E-state index is 13.5. The molecule has 1 aromatic carbocycles. The van der Waals surface area contributed by atoms with Crippen LogP contribution in [0.15, 0.2) is 23.0 Å². The van der Waals surface area contributed by atoms with Crippen LogP contribution in [0.1, 0.15) is 23.2 Å². The Labute approximate surface area is 135 Å². The van der Waals surface area contributed by atoms with Gasteiger partial charge in [0.1, 0.15) is 0 Å². The topological polar surface area (TPSA) is 58.0 Å². The molecule has 2 N–H and O–H groups in total. The van der Waals surface area contributed by atoms with E-state index in [2.05, 4.69) is 4.98 Å². The van der Waals surface area contributed by atoms with E-state index in [1.807, 2.05) is 11.5 Å². The lowest BCUT2D eigenvalue weighted by Crippen LogP contribution is -2.14. The van der Waals surface area contributed by atoms with Gasteiger partial charge in [-0.2, -0.15) is 13.2 Å². The minimum atomic E-state index is -4.62. The van der Waals surface area contributed by atoms with Gasteiger partial charge in [-0.1, -0.05) is 0 Å². The summed E-state index contributed by atoms with van der Waals surface area (Å²) >= 11 is 0. The Bertz CT molecular complexity index is 984. The van der Waals surface area contributed by atoms with Crippen molar-refractivity contribution in [2.75, 3.05) is 6.61 Å². The van der Waals surface area contributed by atoms with Gasteiger partial charge in [-0.25, -0.2) is 0 Å². The van der Waals surface area contributed by atoms with Crippen LogP contribution in [0.25, 0.3) is 21.8 Å². The fraction of sp³-hybridized carbons (Fsp3) is 0.353. The van der Waals surface area contributed by atoms with E-state index in [1.54, 1.807) is 13.0 Å². The highest BCUT2D eigenvalue weighted by molar-refractivity contribution is 6.09. The molecule has 0 saturated heterocycles. The summed E-state index contributed by atoms with van der Waals surface area (Å²) < 4.78 is 42.3. The van der Waals surface area contributed by atoms with Crippen molar-refractivity contribution in [3.05, 3.63) is 45.4 Å². The number of alkyl halides is 3. The second kappa shape index (κ2) is 5.66. The summed E-state index contributed by atoms with van der Waals surface area (Å²) in [5, 5.41) is 9.56. The zero-order valence-corrected chi connectivity index (χ0v) is 13.3. The number of aromatic nitrogens is 2. The smallest absolute Gasteiger partial charge is 0.396 e. The van der Waals surface area contributed by atoms with Crippen molar-refractivity contribution in [2.45, 2.75) is 33.0 Å². The summed E-state index contributed by atoms with van der Waals surface area (Å²) in [5.74, 6) is 0. The van der Waals surface area contributed by atoms with Crippen LogP contribution in [-0.2, 0) is 12.7 Å². The van der Waals surface area contributed by atoms with Gasteiger partial charge < -0.3 is 14.7 Å².